The van der Waals surface area contributed by atoms with E-state index in [2.05, 4.69) is 51.1 Å². The molecule has 0 radical (unpaired) electrons. The monoisotopic (exact) mass is 483 g/mol. The number of rotatable bonds is 7. The van der Waals surface area contributed by atoms with Crippen LogP contribution >= 0.6 is 0 Å². The number of ether oxygens (including phenoxy) is 1. The summed E-state index contributed by atoms with van der Waals surface area (Å²) in [7, 11) is 1.81. The van der Waals surface area contributed by atoms with Gasteiger partial charge in [-0.05, 0) is 69.3 Å². The van der Waals surface area contributed by atoms with Crippen molar-refractivity contribution in [3.05, 3.63) is 59.5 Å². The van der Waals surface area contributed by atoms with Crippen molar-refractivity contribution >= 4 is 24.3 Å². The maximum absolute atomic E-state index is 12.0. The Bertz CT molecular complexity index is 918. The van der Waals surface area contributed by atoms with Gasteiger partial charge < -0.3 is 14.5 Å². The van der Waals surface area contributed by atoms with Gasteiger partial charge in [-0.15, -0.1) is 0 Å². The van der Waals surface area contributed by atoms with Gasteiger partial charge in [0.1, 0.15) is 11.7 Å². The standard InChI is InChI=1S/C24H33N5O2.2C2H6/c1-8-31-24(30)21-13-19(4)23(27-15-21)28-11-12-29(20(5)16-28)22(26-7)14-18(3)17(2)9-10-25-6;2*1-2/h9-10,13-15,20H,2,6,8,11-12,16H2,1,3-5,7H3;2*1-2H3/b10-9-,18-14+,26-22?;;. The Hall–Kier alpha value is -3.22. The van der Waals surface area contributed by atoms with E-state index in [1.54, 1.807) is 19.3 Å². The van der Waals surface area contributed by atoms with Gasteiger partial charge in [0, 0.05) is 45.1 Å². The lowest BCUT2D eigenvalue weighted by molar-refractivity contribution is 0.0525. The van der Waals surface area contributed by atoms with Crippen molar-refractivity contribution in [3.8, 4) is 0 Å². The number of piperazine rings is 1. The number of hydrogen-bond donors (Lipinski definition) is 0. The molecule has 7 nitrogen and oxygen atoms in total. The number of aromatic nitrogens is 1. The van der Waals surface area contributed by atoms with Gasteiger partial charge in [0.15, 0.2) is 0 Å². The first-order valence-corrected chi connectivity index (χ1v) is 12.4. The highest BCUT2D eigenvalue weighted by Crippen LogP contribution is 2.23. The highest BCUT2D eigenvalue weighted by atomic mass is 16.5. The summed E-state index contributed by atoms with van der Waals surface area (Å²) in [5, 5.41) is 0. The van der Waals surface area contributed by atoms with Crippen LogP contribution in [0.15, 0.2) is 58.3 Å². The summed E-state index contributed by atoms with van der Waals surface area (Å²) in [6, 6.07) is 2.08. The van der Waals surface area contributed by atoms with Gasteiger partial charge in [-0.3, -0.25) is 9.98 Å². The summed E-state index contributed by atoms with van der Waals surface area (Å²) in [6.45, 7) is 26.3. The number of hydrogen-bond acceptors (Lipinski definition) is 6. The van der Waals surface area contributed by atoms with Gasteiger partial charge in [0.2, 0.25) is 0 Å². The Kier molecular flexibility index (Phi) is 15.7. The molecule has 1 atom stereocenters. The lowest BCUT2D eigenvalue weighted by Crippen LogP contribution is -2.54. The predicted octanol–water partition coefficient (Wildman–Crippen LogP) is 5.87. The number of amidine groups is 1. The molecule has 0 amide bonds. The van der Waals surface area contributed by atoms with E-state index in [9.17, 15) is 4.79 Å². The van der Waals surface area contributed by atoms with Crippen molar-refractivity contribution < 1.29 is 9.53 Å². The Morgan fingerprint density at radius 3 is 2.46 bits per heavy atom. The Balaban J connectivity index is 0.00000274. The summed E-state index contributed by atoms with van der Waals surface area (Å²) in [4.78, 5) is 29.3. The number of carbonyl (C=O) groups excluding carboxylic acids is 1. The average Bonchev–Trinajstić information content (AvgIpc) is 2.88. The number of aliphatic imine (C=N–C) groups is 2. The SMILES string of the molecule is C=N/C=C\C(=C)/C(C)=C/C(=NC)N1CCN(c2ncc(C(=O)OCC)cc2C)CC1C.CC.CC. The van der Waals surface area contributed by atoms with E-state index in [1.165, 1.54) is 0 Å². The van der Waals surface area contributed by atoms with Crippen LogP contribution in [0.3, 0.4) is 0 Å². The van der Waals surface area contributed by atoms with Crippen molar-refractivity contribution in [2.75, 3.05) is 38.2 Å². The third-order valence-electron chi connectivity index (χ3n) is 5.25. The van der Waals surface area contributed by atoms with Crippen molar-refractivity contribution in [1.29, 1.82) is 0 Å². The summed E-state index contributed by atoms with van der Waals surface area (Å²) >= 11 is 0. The van der Waals surface area contributed by atoms with Crippen molar-refractivity contribution in [2.24, 2.45) is 9.98 Å². The number of nitrogens with zero attached hydrogens (tertiary/aromatic N) is 5. The van der Waals surface area contributed by atoms with Gasteiger partial charge in [0.25, 0.3) is 0 Å². The van der Waals surface area contributed by atoms with Gasteiger partial charge in [-0.25, -0.2) is 9.78 Å². The van der Waals surface area contributed by atoms with Crippen molar-refractivity contribution in [1.82, 2.24) is 9.88 Å². The van der Waals surface area contributed by atoms with Crippen molar-refractivity contribution in [2.45, 2.75) is 61.4 Å². The largest absolute Gasteiger partial charge is 0.462 e. The molecule has 1 aliphatic rings. The van der Waals surface area contributed by atoms with Crippen LogP contribution in [-0.2, 0) is 4.74 Å². The van der Waals surface area contributed by atoms with Crippen LogP contribution in [-0.4, -0.2) is 67.7 Å². The van der Waals surface area contributed by atoms with Gasteiger partial charge in [-0.2, -0.15) is 0 Å². The van der Waals surface area contributed by atoms with E-state index in [0.29, 0.717) is 12.2 Å². The molecule has 0 aromatic carbocycles. The van der Waals surface area contributed by atoms with Crippen LogP contribution in [0.4, 0.5) is 5.82 Å². The molecule has 1 aromatic heterocycles. The second-order valence-electron chi connectivity index (χ2n) is 7.51. The number of anilines is 1. The summed E-state index contributed by atoms with van der Waals surface area (Å²) in [6.07, 6.45) is 7.12. The normalized spacial score (nSPS) is 16.1. The lowest BCUT2D eigenvalue weighted by Gasteiger charge is -2.42. The topological polar surface area (TPSA) is 70.4 Å². The molecule has 0 spiro atoms. The van der Waals surface area contributed by atoms with Crippen LogP contribution in [0.5, 0.6) is 0 Å². The highest BCUT2D eigenvalue weighted by molar-refractivity contribution is 5.94. The molecule has 1 saturated heterocycles. The first-order valence-electron chi connectivity index (χ1n) is 12.4. The van der Waals surface area contributed by atoms with Crippen LogP contribution < -0.4 is 4.90 Å². The second kappa shape index (κ2) is 17.2. The van der Waals surface area contributed by atoms with Gasteiger partial charge in [-0.1, -0.05) is 34.3 Å². The fraction of sp³-hybridized carbons (Fsp3) is 0.500. The Morgan fingerprint density at radius 2 is 1.94 bits per heavy atom. The average molecular weight is 484 g/mol. The van der Waals surface area contributed by atoms with E-state index >= 15 is 0 Å². The minimum atomic E-state index is -0.339. The maximum Gasteiger partial charge on any atom is 0.339 e. The quantitative estimate of drug-likeness (QED) is 0.210. The molecule has 1 unspecified atom stereocenters. The van der Waals surface area contributed by atoms with Crippen LogP contribution in [0, 0.1) is 6.92 Å². The molecule has 2 heterocycles. The van der Waals surface area contributed by atoms with Crippen LogP contribution in [0.2, 0.25) is 0 Å². The molecule has 1 aliphatic heterocycles. The molecule has 1 aromatic rings. The Morgan fingerprint density at radius 1 is 1.29 bits per heavy atom. The minimum absolute atomic E-state index is 0.237. The summed E-state index contributed by atoms with van der Waals surface area (Å²) in [5.74, 6) is 1.49. The summed E-state index contributed by atoms with van der Waals surface area (Å²) < 4.78 is 5.07. The summed E-state index contributed by atoms with van der Waals surface area (Å²) in [5.41, 5.74) is 3.35. The molecular weight excluding hydrogens is 438 g/mol. The highest BCUT2D eigenvalue weighted by Gasteiger charge is 2.27. The van der Waals surface area contributed by atoms with Crippen LogP contribution in [0.1, 0.15) is 64.4 Å². The van der Waals surface area contributed by atoms with E-state index < -0.39 is 0 Å². The molecule has 0 aliphatic carbocycles. The van der Waals surface area contributed by atoms with Crippen molar-refractivity contribution in [3.63, 3.8) is 0 Å². The Labute approximate surface area is 213 Å². The predicted molar refractivity (Wildman–Crippen MR) is 151 cm³/mol. The third-order valence-corrected chi connectivity index (χ3v) is 5.25. The van der Waals surface area contributed by atoms with E-state index in [1.807, 2.05) is 60.7 Å². The first-order chi connectivity index (χ1) is 16.8. The fourth-order valence-electron chi connectivity index (χ4n) is 3.55. The molecule has 35 heavy (non-hydrogen) atoms. The van der Waals surface area contributed by atoms with E-state index in [4.69, 9.17) is 4.74 Å². The molecule has 2 rings (SSSR count). The maximum atomic E-state index is 12.0. The van der Waals surface area contributed by atoms with E-state index in [-0.39, 0.29) is 12.0 Å². The zero-order chi connectivity index (χ0) is 27.0. The molecule has 194 valence electrons. The lowest BCUT2D eigenvalue weighted by atomic mass is 10.1. The van der Waals surface area contributed by atoms with Gasteiger partial charge in [0.05, 0.1) is 12.2 Å². The first kappa shape index (κ1) is 31.8. The molecule has 0 bridgehead atoms. The number of allylic oxidation sites excluding steroid dienone is 3. The van der Waals surface area contributed by atoms with E-state index in [0.717, 1.165) is 48.0 Å². The molecule has 1 fully saturated rings. The number of pyridine rings is 1. The zero-order valence-corrected chi connectivity index (χ0v) is 23.3. The number of aryl methyl sites for hydroxylation is 1. The second-order valence-corrected chi connectivity index (χ2v) is 7.51. The third kappa shape index (κ3) is 9.51. The fourth-order valence-corrected chi connectivity index (χ4v) is 3.55. The smallest absolute Gasteiger partial charge is 0.339 e. The zero-order valence-electron chi connectivity index (χ0n) is 23.3. The number of carbonyl (C=O) groups is 1. The number of esters is 1. The van der Waals surface area contributed by atoms with Crippen LogP contribution in [0.25, 0.3) is 0 Å². The molecule has 0 saturated carbocycles. The van der Waals surface area contributed by atoms with Gasteiger partial charge >= 0.3 is 5.97 Å². The molecule has 0 N–H and O–H groups in total. The molecular formula is C28H45N5O2. The molecule has 7 heteroatoms. The minimum Gasteiger partial charge on any atom is -0.462 e.